The highest BCUT2D eigenvalue weighted by molar-refractivity contribution is 5.77. The van der Waals surface area contributed by atoms with Crippen LogP contribution in [0.4, 0.5) is 0 Å². The molecule has 0 amide bonds. The molecule has 0 atom stereocenters. The number of carbonyl (C=O) groups is 2. The molecule has 0 radical (unpaired) electrons. The van der Waals surface area contributed by atoms with E-state index in [2.05, 4.69) is 6.92 Å². The first-order valence-electron chi connectivity index (χ1n) is 14.6. The van der Waals surface area contributed by atoms with Gasteiger partial charge in [0, 0.05) is 0 Å². The fraction of sp³-hybridized carbons (Fsp3) is 0.931. The Hall–Kier alpha value is -1.06. The van der Waals surface area contributed by atoms with E-state index in [0.29, 0.717) is 6.61 Å². The van der Waals surface area contributed by atoms with Gasteiger partial charge in [-0.2, -0.15) is 0 Å². The van der Waals surface area contributed by atoms with Crippen molar-refractivity contribution in [1.82, 2.24) is 0 Å². The Morgan fingerprint density at radius 1 is 0.576 bits per heavy atom. The van der Waals surface area contributed by atoms with Crippen LogP contribution in [0, 0.1) is 0 Å². The number of esters is 2. The monoisotopic (exact) mass is 466 g/mol. The molecule has 33 heavy (non-hydrogen) atoms. The second kappa shape index (κ2) is 22.7. The van der Waals surface area contributed by atoms with Crippen LogP contribution >= 0.6 is 0 Å². The molecular weight excluding hydrogens is 412 g/mol. The van der Waals surface area contributed by atoms with Crippen LogP contribution in [0.3, 0.4) is 0 Å². The maximum Gasteiger partial charge on any atom is 0.306 e. The lowest BCUT2D eigenvalue weighted by Crippen LogP contribution is -2.18. The zero-order valence-corrected chi connectivity index (χ0v) is 21.9. The first kappa shape index (κ1) is 30.0. The smallest absolute Gasteiger partial charge is 0.306 e. The summed E-state index contributed by atoms with van der Waals surface area (Å²) in [5, 5.41) is 0. The fourth-order valence-electron chi connectivity index (χ4n) is 4.72. The minimum atomic E-state index is -0.270. The molecule has 1 rings (SSSR count). The van der Waals surface area contributed by atoms with Gasteiger partial charge in [0.05, 0.1) is 19.4 Å². The second-order valence-corrected chi connectivity index (χ2v) is 10.1. The average molecular weight is 467 g/mol. The molecule has 4 nitrogen and oxygen atoms in total. The highest BCUT2D eigenvalue weighted by Crippen LogP contribution is 2.20. The van der Waals surface area contributed by atoms with Crippen molar-refractivity contribution in [3.63, 3.8) is 0 Å². The largest absolute Gasteiger partial charge is 0.466 e. The van der Waals surface area contributed by atoms with E-state index < -0.39 is 0 Å². The van der Waals surface area contributed by atoms with Crippen molar-refractivity contribution in [2.45, 2.75) is 167 Å². The van der Waals surface area contributed by atoms with Crippen molar-refractivity contribution in [3.8, 4) is 0 Å². The molecular formula is C29H54O4. The van der Waals surface area contributed by atoms with Crippen molar-refractivity contribution in [2.75, 3.05) is 6.61 Å². The fourth-order valence-corrected chi connectivity index (χ4v) is 4.72. The summed E-state index contributed by atoms with van der Waals surface area (Å²) in [6.07, 6.45) is 28.4. The van der Waals surface area contributed by atoms with E-state index in [1.54, 1.807) is 0 Å². The lowest BCUT2D eigenvalue weighted by Gasteiger charge is -2.15. The van der Waals surface area contributed by atoms with Crippen molar-refractivity contribution < 1.29 is 19.1 Å². The zero-order valence-electron chi connectivity index (χ0n) is 21.9. The van der Waals surface area contributed by atoms with E-state index in [4.69, 9.17) is 9.47 Å². The van der Waals surface area contributed by atoms with Crippen LogP contribution in [-0.2, 0) is 19.1 Å². The van der Waals surface area contributed by atoms with Gasteiger partial charge < -0.3 is 9.47 Å². The third kappa shape index (κ3) is 20.1. The number of unbranched alkanes of at least 4 members (excludes halogenated alkanes) is 15. The Balaban J connectivity index is 1.78. The molecule has 0 bridgehead atoms. The molecule has 1 fully saturated rings. The van der Waals surface area contributed by atoms with E-state index in [1.165, 1.54) is 103 Å². The molecule has 0 unspecified atom stereocenters. The molecule has 0 spiro atoms. The van der Waals surface area contributed by atoms with Crippen LogP contribution in [0.25, 0.3) is 0 Å². The third-order valence-electron chi connectivity index (χ3n) is 6.89. The number of hydrogen-bond donors (Lipinski definition) is 0. The quantitative estimate of drug-likeness (QED) is 0.0963. The van der Waals surface area contributed by atoms with Crippen LogP contribution in [0.5, 0.6) is 0 Å². The summed E-state index contributed by atoms with van der Waals surface area (Å²) in [6, 6.07) is 0. The predicted molar refractivity (Wildman–Crippen MR) is 137 cm³/mol. The number of rotatable bonds is 21. The van der Waals surface area contributed by atoms with E-state index in [9.17, 15) is 9.59 Å². The first-order valence-corrected chi connectivity index (χ1v) is 14.6. The lowest BCUT2D eigenvalue weighted by molar-refractivity contribution is -0.154. The summed E-state index contributed by atoms with van der Waals surface area (Å²) in [4.78, 5) is 23.8. The summed E-state index contributed by atoms with van der Waals surface area (Å²) in [7, 11) is 0. The van der Waals surface area contributed by atoms with Gasteiger partial charge in [-0.1, -0.05) is 116 Å². The van der Waals surface area contributed by atoms with Crippen LogP contribution in [0.2, 0.25) is 0 Å². The van der Waals surface area contributed by atoms with Crippen LogP contribution < -0.4 is 0 Å². The molecule has 0 aromatic rings. The Morgan fingerprint density at radius 3 is 1.48 bits per heavy atom. The summed E-state index contributed by atoms with van der Waals surface area (Å²) < 4.78 is 10.8. The normalized spacial score (nSPS) is 14.7. The molecule has 1 saturated carbocycles. The van der Waals surface area contributed by atoms with Gasteiger partial charge in [0.1, 0.15) is 6.10 Å². The molecule has 0 aromatic heterocycles. The minimum Gasteiger partial charge on any atom is -0.466 e. The van der Waals surface area contributed by atoms with Gasteiger partial charge in [-0.25, -0.2) is 0 Å². The first-order chi connectivity index (χ1) is 16.2. The summed E-state index contributed by atoms with van der Waals surface area (Å²) in [5.74, 6) is -0.518. The Labute approximate surface area is 205 Å². The SMILES string of the molecule is CCCCCCCCCCCCCCCCCCOC(=O)CCC(=O)OC1CCCCCC1. The molecule has 1 aliphatic rings. The molecule has 0 heterocycles. The van der Waals surface area contributed by atoms with Crippen molar-refractivity contribution in [3.05, 3.63) is 0 Å². The lowest BCUT2D eigenvalue weighted by atomic mass is 10.0. The predicted octanol–water partition coefficient (Wildman–Crippen LogP) is 8.84. The standard InChI is InChI=1S/C29H54O4/c1-2-3-4-5-6-7-8-9-10-11-12-13-14-15-18-21-26-32-28(30)24-25-29(31)33-27-22-19-16-17-20-23-27/h27H,2-26H2,1H3. The van der Waals surface area contributed by atoms with Gasteiger partial charge >= 0.3 is 11.9 Å². The van der Waals surface area contributed by atoms with Crippen LogP contribution in [0.1, 0.15) is 161 Å². The number of ether oxygens (including phenoxy) is 2. The van der Waals surface area contributed by atoms with Gasteiger partial charge in [-0.3, -0.25) is 9.59 Å². The zero-order chi connectivity index (χ0) is 23.8. The Morgan fingerprint density at radius 2 is 1.00 bits per heavy atom. The van der Waals surface area contributed by atoms with Gasteiger partial charge in [0.2, 0.25) is 0 Å². The highest BCUT2D eigenvalue weighted by Gasteiger charge is 2.17. The molecule has 0 aliphatic heterocycles. The van der Waals surface area contributed by atoms with Gasteiger partial charge in [-0.15, -0.1) is 0 Å². The number of carbonyl (C=O) groups excluding carboxylic acids is 2. The summed E-state index contributed by atoms with van der Waals surface area (Å²) in [6.45, 7) is 2.76. The van der Waals surface area contributed by atoms with Gasteiger partial charge in [-0.05, 0) is 32.1 Å². The van der Waals surface area contributed by atoms with Crippen LogP contribution in [0.15, 0.2) is 0 Å². The minimum absolute atomic E-state index is 0.0566. The Bertz CT molecular complexity index is 455. The van der Waals surface area contributed by atoms with Crippen molar-refractivity contribution in [2.24, 2.45) is 0 Å². The van der Waals surface area contributed by atoms with Crippen molar-refractivity contribution >= 4 is 11.9 Å². The maximum absolute atomic E-state index is 11.9. The number of hydrogen-bond acceptors (Lipinski definition) is 4. The molecule has 0 aromatic carbocycles. The van der Waals surface area contributed by atoms with Gasteiger partial charge in [0.15, 0.2) is 0 Å². The van der Waals surface area contributed by atoms with E-state index in [0.717, 1.165) is 38.5 Å². The van der Waals surface area contributed by atoms with Crippen molar-refractivity contribution in [1.29, 1.82) is 0 Å². The van der Waals surface area contributed by atoms with Gasteiger partial charge in [0.25, 0.3) is 0 Å². The summed E-state index contributed by atoms with van der Waals surface area (Å²) in [5.41, 5.74) is 0. The second-order valence-electron chi connectivity index (χ2n) is 10.1. The van der Waals surface area contributed by atoms with E-state index >= 15 is 0 Å². The average Bonchev–Trinajstić information content (AvgIpc) is 3.08. The maximum atomic E-state index is 11.9. The molecule has 194 valence electrons. The molecule has 0 N–H and O–H groups in total. The Kier molecular flexibility index (Phi) is 20.6. The van der Waals surface area contributed by atoms with E-state index in [-0.39, 0.29) is 30.9 Å². The molecule has 1 aliphatic carbocycles. The van der Waals surface area contributed by atoms with Crippen LogP contribution in [-0.4, -0.2) is 24.6 Å². The molecule has 0 saturated heterocycles. The summed E-state index contributed by atoms with van der Waals surface area (Å²) >= 11 is 0. The molecule has 4 heteroatoms. The topological polar surface area (TPSA) is 52.6 Å². The highest BCUT2D eigenvalue weighted by atomic mass is 16.5. The van der Waals surface area contributed by atoms with E-state index in [1.807, 2.05) is 0 Å². The third-order valence-corrected chi connectivity index (χ3v) is 6.89.